The Bertz CT molecular complexity index is 925. The predicted molar refractivity (Wildman–Crippen MR) is 105 cm³/mol. The summed E-state index contributed by atoms with van der Waals surface area (Å²) >= 11 is 0. The van der Waals surface area contributed by atoms with Gasteiger partial charge in [0.1, 0.15) is 0 Å². The molecule has 6 heteroatoms. The molecule has 2 aromatic rings. The Morgan fingerprint density at radius 1 is 1.04 bits per heavy atom. The van der Waals surface area contributed by atoms with Crippen LogP contribution in [0.3, 0.4) is 0 Å². The van der Waals surface area contributed by atoms with Crippen LogP contribution in [0.1, 0.15) is 36.6 Å². The van der Waals surface area contributed by atoms with Gasteiger partial charge in [-0.25, -0.2) is 0 Å². The van der Waals surface area contributed by atoms with Crippen LogP contribution in [-0.2, 0) is 22.4 Å². The van der Waals surface area contributed by atoms with Gasteiger partial charge in [0.25, 0.3) is 0 Å². The van der Waals surface area contributed by atoms with Gasteiger partial charge in [-0.05, 0) is 48.2 Å². The van der Waals surface area contributed by atoms with Crippen LogP contribution in [-0.4, -0.2) is 30.4 Å². The van der Waals surface area contributed by atoms with Crippen molar-refractivity contribution in [3.8, 4) is 22.6 Å². The van der Waals surface area contributed by atoms with Gasteiger partial charge in [0.2, 0.25) is 0 Å². The Morgan fingerprint density at radius 2 is 1.78 bits per heavy atom. The molecular weight excluding hydrogens is 366 g/mol. The molecule has 0 fully saturated rings. The molecule has 0 bridgehead atoms. The highest BCUT2D eigenvalue weighted by atomic mass is 35.5. The SMILES string of the molecule is CC(=O)Oc1ccc2c(c1OC(C)=O)-c1cccc3c1[C@@H](C2)N(C)CC3.Cl. The predicted octanol–water partition coefficient (Wildman–Crippen LogP) is 3.71. The molecule has 0 radical (unpaired) electrons. The second-order valence-electron chi connectivity index (χ2n) is 6.94. The maximum absolute atomic E-state index is 11.7. The highest BCUT2D eigenvalue weighted by molar-refractivity contribution is 5.86. The summed E-state index contributed by atoms with van der Waals surface area (Å²) in [5.74, 6) is -0.255. The van der Waals surface area contributed by atoms with Crippen LogP contribution in [0.2, 0.25) is 0 Å². The Balaban J connectivity index is 0.00000210. The minimum absolute atomic E-state index is 0. The van der Waals surface area contributed by atoms with E-state index in [0.717, 1.165) is 36.1 Å². The summed E-state index contributed by atoms with van der Waals surface area (Å²) in [5, 5.41) is 0. The summed E-state index contributed by atoms with van der Waals surface area (Å²) in [5.41, 5.74) is 5.65. The zero-order valence-corrected chi connectivity index (χ0v) is 16.4. The van der Waals surface area contributed by atoms with Crippen LogP contribution in [0.15, 0.2) is 30.3 Å². The molecule has 4 rings (SSSR count). The molecule has 0 saturated heterocycles. The molecule has 2 aromatic carbocycles. The van der Waals surface area contributed by atoms with Crippen molar-refractivity contribution in [2.75, 3.05) is 13.6 Å². The fourth-order valence-corrected chi connectivity index (χ4v) is 4.13. The summed E-state index contributed by atoms with van der Waals surface area (Å²) in [6.07, 6.45) is 1.84. The molecule has 0 unspecified atom stereocenters. The lowest BCUT2D eigenvalue weighted by molar-refractivity contribution is -0.134. The first kappa shape index (κ1) is 19.4. The molecule has 142 valence electrons. The summed E-state index contributed by atoms with van der Waals surface area (Å²) in [4.78, 5) is 25.6. The molecule has 1 aliphatic heterocycles. The van der Waals surface area contributed by atoms with Crippen LogP contribution < -0.4 is 9.47 Å². The lowest BCUT2D eigenvalue weighted by Gasteiger charge is -2.40. The quantitative estimate of drug-likeness (QED) is 0.580. The fraction of sp³-hybridized carbons (Fsp3) is 0.333. The van der Waals surface area contributed by atoms with Gasteiger partial charge in [-0.1, -0.05) is 24.3 Å². The van der Waals surface area contributed by atoms with E-state index in [1.54, 1.807) is 6.07 Å². The number of carbonyl (C=O) groups is 2. The smallest absolute Gasteiger partial charge is 0.308 e. The van der Waals surface area contributed by atoms with E-state index in [1.165, 1.54) is 25.0 Å². The van der Waals surface area contributed by atoms with E-state index in [1.807, 2.05) is 12.1 Å². The summed E-state index contributed by atoms with van der Waals surface area (Å²) in [6.45, 7) is 3.72. The van der Waals surface area contributed by atoms with E-state index in [2.05, 4.69) is 24.1 Å². The first-order valence-electron chi connectivity index (χ1n) is 8.81. The number of benzene rings is 2. The second-order valence-corrected chi connectivity index (χ2v) is 6.94. The molecule has 0 N–H and O–H groups in total. The Hall–Kier alpha value is -2.37. The number of halogens is 1. The van der Waals surface area contributed by atoms with E-state index >= 15 is 0 Å². The number of likely N-dealkylation sites (N-methyl/N-ethyl adjacent to an activating group) is 1. The number of rotatable bonds is 2. The molecule has 0 amide bonds. The van der Waals surface area contributed by atoms with Crippen LogP contribution in [0.4, 0.5) is 0 Å². The molecule has 1 atom stereocenters. The minimum atomic E-state index is -0.443. The van der Waals surface area contributed by atoms with Gasteiger partial charge in [-0.3, -0.25) is 14.5 Å². The number of fused-ring (bicyclic) bond motifs is 2. The van der Waals surface area contributed by atoms with E-state index in [-0.39, 0.29) is 18.2 Å². The topological polar surface area (TPSA) is 55.8 Å². The van der Waals surface area contributed by atoms with Gasteiger partial charge >= 0.3 is 11.9 Å². The van der Waals surface area contributed by atoms with Gasteiger partial charge in [-0.15, -0.1) is 12.4 Å². The van der Waals surface area contributed by atoms with Crippen LogP contribution in [0.5, 0.6) is 11.5 Å². The van der Waals surface area contributed by atoms with E-state index in [0.29, 0.717) is 11.8 Å². The summed E-state index contributed by atoms with van der Waals surface area (Å²) < 4.78 is 10.8. The molecular formula is C21H22ClNO4. The van der Waals surface area contributed by atoms with Gasteiger partial charge < -0.3 is 9.47 Å². The fourth-order valence-electron chi connectivity index (χ4n) is 4.13. The minimum Gasteiger partial charge on any atom is -0.423 e. The van der Waals surface area contributed by atoms with Crippen molar-refractivity contribution in [1.82, 2.24) is 4.90 Å². The number of hydrogen-bond acceptors (Lipinski definition) is 5. The molecule has 5 nitrogen and oxygen atoms in total. The third kappa shape index (κ3) is 3.33. The molecule has 27 heavy (non-hydrogen) atoms. The molecule has 1 heterocycles. The number of hydrogen-bond donors (Lipinski definition) is 0. The molecule has 2 aliphatic rings. The van der Waals surface area contributed by atoms with Crippen molar-refractivity contribution in [1.29, 1.82) is 0 Å². The van der Waals surface area contributed by atoms with E-state index < -0.39 is 11.9 Å². The molecule has 0 saturated carbocycles. The maximum atomic E-state index is 11.7. The summed E-state index contributed by atoms with van der Waals surface area (Å²) in [7, 11) is 2.15. The van der Waals surface area contributed by atoms with Crippen molar-refractivity contribution in [2.45, 2.75) is 32.7 Å². The van der Waals surface area contributed by atoms with Crippen molar-refractivity contribution >= 4 is 24.3 Å². The van der Waals surface area contributed by atoms with Crippen LogP contribution in [0, 0.1) is 0 Å². The van der Waals surface area contributed by atoms with E-state index in [9.17, 15) is 9.59 Å². The summed E-state index contributed by atoms with van der Waals surface area (Å²) in [6, 6.07) is 10.3. The number of carbonyl (C=O) groups excluding carboxylic acids is 2. The van der Waals surface area contributed by atoms with Crippen molar-refractivity contribution < 1.29 is 19.1 Å². The third-order valence-corrected chi connectivity index (χ3v) is 5.19. The first-order chi connectivity index (χ1) is 12.5. The monoisotopic (exact) mass is 387 g/mol. The molecule has 0 aromatic heterocycles. The highest BCUT2D eigenvalue weighted by Crippen LogP contribution is 2.50. The van der Waals surface area contributed by atoms with Crippen molar-refractivity contribution in [3.63, 3.8) is 0 Å². The van der Waals surface area contributed by atoms with Crippen LogP contribution >= 0.6 is 12.4 Å². The number of nitrogens with zero attached hydrogens (tertiary/aromatic N) is 1. The van der Waals surface area contributed by atoms with Gasteiger partial charge in [0.05, 0.1) is 0 Å². The standard InChI is InChI=1S/C21H21NO4.ClH/c1-12(23)25-18-8-7-15-11-17-19-14(9-10-22(17)3)5-4-6-16(19)20(15)21(18)26-13(2)24;/h4-8,17H,9-11H2,1-3H3;1H/t17-;/m1./s1. The zero-order valence-electron chi connectivity index (χ0n) is 15.6. The highest BCUT2D eigenvalue weighted by Gasteiger charge is 2.35. The zero-order chi connectivity index (χ0) is 18.4. The number of ether oxygens (including phenoxy) is 2. The third-order valence-electron chi connectivity index (χ3n) is 5.19. The largest absolute Gasteiger partial charge is 0.423 e. The lowest BCUT2D eigenvalue weighted by Crippen LogP contribution is -2.35. The number of esters is 2. The lowest BCUT2D eigenvalue weighted by atomic mass is 9.77. The average Bonchev–Trinajstić information content (AvgIpc) is 2.59. The Labute approximate surface area is 164 Å². The molecule has 1 aliphatic carbocycles. The van der Waals surface area contributed by atoms with Crippen molar-refractivity contribution in [2.24, 2.45) is 0 Å². The van der Waals surface area contributed by atoms with E-state index in [4.69, 9.17) is 9.47 Å². The van der Waals surface area contributed by atoms with Crippen LogP contribution in [0.25, 0.3) is 11.1 Å². The molecule has 0 spiro atoms. The van der Waals surface area contributed by atoms with Crippen molar-refractivity contribution in [3.05, 3.63) is 47.0 Å². The normalized spacial score (nSPS) is 17.2. The maximum Gasteiger partial charge on any atom is 0.308 e. The van der Waals surface area contributed by atoms with Gasteiger partial charge in [-0.2, -0.15) is 0 Å². The average molecular weight is 388 g/mol. The Kier molecular flexibility index (Phi) is 5.27. The van der Waals surface area contributed by atoms with Gasteiger partial charge in [0, 0.05) is 32.0 Å². The Morgan fingerprint density at radius 3 is 2.48 bits per heavy atom. The van der Waals surface area contributed by atoms with Gasteiger partial charge in [0.15, 0.2) is 11.5 Å². The second kappa shape index (κ2) is 7.33. The first-order valence-corrected chi connectivity index (χ1v) is 8.81.